The number of thiazole rings is 1. The maximum Gasteiger partial charge on any atom is 0.282 e. The zero-order valence-electron chi connectivity index (χ0n) is 14.3. The monoisotopic (exact) mass is 413 g/mol. The molecule has 9 heteroatoms. The number of imide groups is 1. The summed E-state index contributed by atoms with van der Waals surface area (Å²) in [5, 5.41) is 14.5. The average Bonchev–Trinajstić information content (AvgIpc) is 3.22. The number of carbonyl (C=O) groups excluding carboxylic acids is 2. The second-order valence-electron chi connectivity index (χ2n) is 6.19. The third-order valence-electron chi connectivity index (χ3n) is 4.36. The van der Waals surface area contributed by atoms with Crippen LogP contribution in [0.5, 0.6) is 0 Å². The molecule has 0 radical (unpaired) electrons. The van der Waals surface area contributed by atoms with E-state index in [0.29, 0.717) is 17.1 Å². The predicted molar refractivity (Wildman–Crippen MR) is 104 cm³/mol. The van der Waals surface area contributed by atoms with Gasteiger partial charge in [-0.3, -0.25) is 24.6 Å². The van der Waals surface area contributed by atoms with Crippen LogP contribution in [0.15, 0.2) is 47.8 Å². The highest BCUT2D eigenvalue weighted by molar-refractivity contribution is 7.09. The number of carbonyl (C=O) groups is 2. The first-order chi connectivity index (χ1) is 13.4. The van der Waals surface area contributed by atoms with Gasteiger partial charge in [-0.15, -0.1) is 11.3 Å². The summed E-state index contributed by atoms with van der Waals surface area (Å²) in [5.41, 5.74) is 1.14. The predicted octanol–water partition coefficient (Wildman–Crippen LogP) is 4.09. The van der Waals surface area contributed by atoms with E-state index < -0.39 is 16.7 Å². The van der Waals surface area contributed by atoms with Crippen molar-refractivity contribution in [3.8, 4) is 0 Å². The topological polar surface area (TPSA) is 93.4 Å². The standard InChI is InChI=1S/C19H12ClN3O4S/c20-12-6-4-11(5-7-12)8-16-21-13(10-28-16)9-22-18(24)14-2-1-3-15(23(26)27)17(14)19(22)25/h1-7,10H,8-9H2. The number of amides is 2. The molecule has 0 spiro atoms. The highest BCUT2D eigenvalue weighted by atomic mass is 35.5. The fraction of sp³-hybridized carbons (Fsp3) is 0.105. The van der Waals surface area contributed by atoms with E-state index in [0.717, 1.165) is 15.5 Å². The summed E-state index contributed by atoms with van der Waals surface area (Å²) in [7, 11) is 0. The molecule has 2 heterocycles. The summed E-state index contributed by atoms with van der Waals surface area (Å²) >= 11 is 7.31. The summed E-state index contributed by atoms with van der Waals surface area (Å²) in [4.78, 5) is 41.2. The molecule has 0 unspecified atom stereocenters. The van der Waals surface area contributed by atoms with Crippen molar-refractivity contribution in [3.05, 3.63) is 90.4 Å². The molecule has 2 amide bonds. The number of nitrogens with zero attached hydrogens (tertiary/aromatic N) is 3. The van der Waals surface area contributed by atoms with Crippen molar-refractivity contribution in [3.63, 3.8) is 0 Å². The van der Waals surface area contributed by atoms with Gasteiger partial charge in [-0.05, 0) is 23.8 Å². The molecule has 140 valence electrons. The normalized spacial score (nSPS) is 13.1. The summed E-state index contributed by atoms with van der Waals surface area (Å²) in [5.74, 6) is -1.21. The molecule has 1 aliphatic rings. The second-order valence-corrected chi connectivity index (χ2v) is 7.57. The molecule has 0 atom stereocenters. The van der Waals surface area contributed by atoms with Crippen LogP contribution in [0.3, 0.4) is 0 Å². The quantitative estimate of drug-likeness (QED) is 0.356. The van der Waals surface area contributed by atoms with E-state index in [1.165, 1.54) is 29.5 Å². The zero-order valence-corrected chi connectivity index (χ0v) is 15.9. The summed E-state index contributed by atoms with van der Waals surface area (Å²) < 4.78 is 0. The number of nitro benzene ring substituents is 1. The maximum atomic E-state index is 12.6. The van der Waals surface area contributed by atoms with Crippen LogP contribution in [-0.2, 0) is 13.0 Å². The number of hydrogen-bond donors (Lipinski definition) is 0. The Hall–Kier alpha value is -3.10. The van der Waals surface area contributed by atoms with Crippen LogP contribution in [-0.4, -0.2) is 26.6 Å². The summed E-state index contributed by atoms with van der Waals surface area (Å²) in [6.07, 6.45) is 0.607. The molecule has 0 N–H and O–H groups in total. The van der Waals surface area contributed by atoms with Crippen LogP contribution in [0.4, 0.5) is 5.69 Å². The van der Waals surface area contributed by atoms with Gasteiger partial charge in [0.15, 0.2) is 0 Å². The fourth-order valence-electron chi connectivity index (χ4n) is 3.05. The Bertz CT molecular complexity index is 1110. The van der Waals surface area contributed by atoms with Gasteiger partial charge in [0.2, 0.25) is 0 Å². The molecule has 0 fully saturated rings. The molecule has 0 saturated carbocycles. The van der Waals surface area contributed by atoms with Crippen LogP contribution in [0.25, 0.3) is 0 Å². The molecule has 2 aromatic carbocycles. The van der Waals surface area contributed by atoms with Crippen LogP contribution >= 0.6 is 22.9 Å². The lowest BCUT2D eigenvalue weighted by molar-refractivity contribution is -0.385. The van der Waals surface area contributed by atoms with Crippen LogP contribution in [0.1, 0.15) is 37.0 Å². The highest BCUT2D eigenvalue weighted by Gasteiger charge is 2.41. The smallest absolute Gasteiger partial charge is 0.269 e. The van der Waals surface area contributed by atoms with E-state index in [9.17, 15) is 19.7 Å². The van der Waals surface area contributed by atoms with E-state index in [1.54, 1.807) is 17.5 Å². The molecular weight excluding hydrogens is 402 g/mol. The number of hydrogen-bond acceptors (Lipinski definition) is 6. The molecule has 0 bridgehead atoms. The Morgan fingerprint density at radius 1 is 1.11 bits per heavy atom. The molecular formula is C19H12ClN3O4S. The zero-order chi connectivity index (χ0) is 19.8. The first-order valence-corrected chi connectivity index (χ1v) is 9.51. The van der Waals surface area contributed by atoms with Crippen molar-refractivity contribution < 1.29 is 14.5 Å². The van der Waals surface area contributed by atoms with Crippen molar-refractivity contribution in [1.29, 1.82) is 0 Å². The van der Waals surface area contributed by atoms with Crippen molar-refractivity contribution in [2.75, 3.05) is 0 Å². The number of benzene rings is 2. The summed E-state index contributed by atoms with van der Waals surface area (Å²) in [6.45, 7) is -0.0272. The number of nitro groups is 1. The molecule has 28 heavy (non-hydrogen) atoms. The molecule has 3 aromatic rings. The minimum Gasteiger partial charge on any atom is -0.269 e. The van der Waals surface area contributed by atoms with Gasteiger partial charge in [-0.2, -0.15) is 0 Å². The Morgan fingerprint density at radius 3 is 2.57 bits per heavy atom. The van der Waals surface area contributed by atoms with Crippen molar-refractivity contribution >= 4 is 40.4 Å². The van der Waals surface area contributed by atoms with Gasteiger partial charge >= 0.3 is 0 Å². The molecule has 4 rings (SSSR count). The lowest BCUT2D eigenvalue weighted by Crippen LogP contribution is -2.29. The number of aromatic nitrogens is 1. The van der Waals surface area contributed by atoms with Gasteiger partial charge in [-0.25, -0.2) is 4.98 Å². The number of halogens is 1. The van der Waals surface area contributed by atoms with E-state index in [2.05, 4.69) is 4.98 Å². The van der Waals surface area contributed by atoms with E-state index in [1.807, 2.05) is 12.1 Å². The Labute approximate surface area is 168 Å². The molecule has 0 aliphatic carbocycles. The maximum absolute atomic E-state index is 12.6. The minimum atomic E-state index is -0.667. The molecule has 0 saturated heterocycles. The van der Waals surface area contributed by atoms with Crippen LogP contribution in [0.2, 0.25) is 5.02 Å². The third kappa shape index (κ3) is 3.28. The average molecular weight is 414 g/mol. The Morgan fingerprint density at radius 2 is 1.86 bits per heavy atom. The number of fused-ring (bicyclic) bond motifs is 1. The summed E-state index contributed by atoms with van der Waals surface area (Å²) in [6, 6.07) is 11.5. The second kappa shape index (κ2) is 7.14. The van der Waals surface area contributed by atoms with Gasteiger partial charge in [-0.1, -0.05) is 29.8 Å². The minimum absolute atomic E-state index is 0.0272. The van der Waals surface area contributed by atoms with Crippen molar-refractivity contribution in [2.45, 2.75) is 13.0 Å². The van der Waals surface area contributed by atoms with Crippen molar-refractivity contribution in [1.82, 2.24) is 9.88 Å². The van der Waals surface area contributed by atoms with Gasteiger partial charge in [0.25, 0.3) is 17.5 Å². The Kier molecular flexibility index (Phi) is 4.66. The SMILES string of the molecule is O=C1c2cccc([N+](=O)[O-])c2C(=O)N1Cc1csc(Cc2ccc(Cl)cc2)n1. The van der Waals surface area contributed by atoms with Crippen LogP contribution < -0.4 is 0 Å². The molecule has 7 nitrogen and oxygen atoms in total. The van der Waals surface area contributed by atoms with Crippen molar-refractivity contribution in [2.24, 2.45) is 0 Å². The first-order valence-electron chi connectivity index (χ1n) is 8.25. The molecule has 1 aliphatic heterocycles. The van der Waals surface area contributed by atoms with Gasteiger partial charge in [0.05, 0.1) is 27.7 Å². The van der Waals surface area contributed by atoms with E-state index in [4.69, 9.17) is 11.6 Å². The highest BCUT2D eigenvalue weighted by Crippen LogP contribution is 2.31. The molecule has 1 aromatic heterocycles. The first kappa shape index (κ1) is 18.3. The number of rotatable bonds is 5. The lowest BCUT2D eigenvalue weighted by atomic mass is 10.1. The largest absolute Gasteiger partial charge is 0.282 e. The van der Waals surface area contributed by atoms with Crippen LogP contribution in [0, 0.1) is 10.1 Å². The van der Waals surface area contributed by atoms with E-state index >= 15 is 0 Å². The third-order valence-corrected chi connectivity index (χ3v) is 5.51. The van der Waals surface area contributed by atoms with Gasteiger partial charge < -0.3 is 0 Å². The fourth-order valence-corrected chi connectivity index (χ4v) is 4.00. The Balaban J connectivity index is 1.54. The lowest BCUT2D eigenvalue weighted by Gasteiger charge is -2.11. The van der Waals surface area contributed by atoms with Gasteiger partial charge in [0.1, 0.15) is 5.56 Å². The van der Waals surface area contributed by atoms with Gasteiger partial charge in [0, 0.05) is 22.9 Å². The van der Waals surface area contributed by atoms with E-state index in [-0.39, 0.29) is 23.4 Å².